The lowest BCUT2D eigenvalue weighted by molar-refractivity contribution is 0.0657. The van der Waals surface area contributed by atoms with Crippen LogP contribution in [0.4, 0.5) is 0 Å². The topological polar surface area (TPSA) is 63.3 Å². The van der Waals surface area contributed by atoms with Gasteiger partial charge in [0.1, 0.15) is 0 Å². The normalized spacial score (nSPS) is 23.6. The van der Waals surface area contributed by atoms with Crippen LogP contribution in [-0.2, 0) is 0 Å². The highest BCUT2D eigenvalue weighted by Crippen LogP contribution is 2.48. The number of aryl methyl sites for hydroxylation is 1. The Hall–Kier alpha value is -1.32. The van der Waals surface area contributed by atoms with Gasteiger partial charge in [-0.15, -0.1) is 0 Å². The molecule has 1 atom stereocenters. The summed E-state index contributed by atoms with van der Waals surface area (Å²) in [6.07, 6.45) is 3.33. The third-order valence-electron chi connectivity index (χ3n) is 3.56. The summed E-state index contributed by atoms with van der Waals surface area (Å²) in [7, 11) is 0. The summed E-state index contributed by atoms with van der Waals surface area (Å²) >= 11 is 0. The highest BCUT2D eigenvalue weighted by atomic mass is 16.4. The van der Waals surface area contributed by atoms with E-state index in [0.717, 1.165) is 19.3 Å². The minimum atomic E-state index is -1.04. The fourth-order valence-electron chi connectivity index (χ4n) is 2.55. The summed E-state index contributed by atoms with van der Waals surface area (Å²) in [6.45, 7) is 6.05. The molecule has 0 amide bonds. The average molecular weight is 223 g/mol. The summed E-state index contributed by atoms with van der Waals surface area (Å²) in [5, 5.41) is 8.92. The first-order valence-corrected chi connectivity index (χ1v) is 5.62. The van der Waals surface area contributed by atoms with Gasteiger partial charge in [0.25, 0.3) is 0 Å². The maximum absolute atomic E-state index is 10.9. The van der Waals surface area contributed by atoms with E-state index < -0.39 is 5.97 Å². The molecule has 4 nitrogen and oxygen atoms in total. The number of carboxylic acid groups (broad SMARTS) is 1. The molecule has 1 heterocycles. The molecule has 88 valence electrons. The molecule has 0 radical (unpaired) electrons. The fraction of sp³-hybridized carbons (Fsp3) is 0.667. The molecule has 0 bridgehead atoms. The Kier molecular flexibility index (Phi) is 2.52. The number of hydrogen-bond acceptors (Lipinski definition) is 3. The highest BCUT2D eigenvalue weighted by molar-refractivity contribution is 5.85. The largest absolute Gasteiger partial charge is 0.475 e. The number of carboxylic acids is 1. The predicted molar refractivity (Wildman–Crippen MR) is 58.6 cm³/mol. The van der Waals surface area contributed by atoms with E-state index in [0.29, 0.717) is 11.6 Å². The van der Waals surface area contributed by atoms with Crippen molar-refractivity contribution in [2.45, 2.75) is 46.0 Å². The van der Waals surface area contributed by atoms with Gasteiger partial charge >= 0.3 is 5.97 Å². The number of nitrogens with zero attached hydrogens (tertiary/aromatic N) is 1. The van der Waals surface area contributed by atoms with Crippen molar-refractivity contribution in [3.63, 3.8) is 0 Å². The number of aromatic nitrogens is 1. The molecule has 1 N–H and O–H groups in total. The van der Waals surface area contributed by atoms with Gasteiger partial charge in [0.05, 0.1) is 5.69 Å². The van der Waals surface area contributed by atoms with E-state index in [9.17, 15) is 4.79 Å². The molecular weight excluding hydrogens is 206 g/mol. The van der Waals surface area contributed by atoms with Gasteiger partial charge in [-0.1, -0.05) is 20.3 Å². The second kappa shape index (κ2) is 3.61. The summed E-state index contributed by atoms with van der Waals surface area (Å²) in [6, 6.07) is 0. The molecule has 4 heteroatoms. The summed E-state index contributed by atoms with van der Waals surface area (Å²) in [5.74, 6) is -0.207. The van der Waals surface area contributed by atoms with Crippen LogP contribution in [-0.4, -0.2) is 16.1 Å². The lowest BCUT2D eigenvalue weighted by Gasteiger charge is -2.23. The molecule has 0 aliphatic heterocycles. The van der Waals surface area contributed by atoms with Crippen molar-refractivity contribution in [1.29, 1.82) is 0 Å². The number of rotatable bonds is 2. The first kappa shape index (κ1) is 11.2. The van der Waals surface area contributed by atoms with Crippen molar-refractivity contribution < 1.29 is 14.3 Å². The first-order valence-electron chi connectivity index (χ1n) is 5.62. The van der Waals surface area contributed by atoms with Crippen LogP contribution >= 0.6 is 0 Å². The molecule has 1 aliphatic carbocycles. The van der Waals surface area contributed by atoms with Crippen molar-refractivity contribution in [2.24, 2.45) is 5.41 Å². The molecule has 16 heavy (non-hydrogen) atoms. The summed E-state index contributed by atoms with van der Waals surface area (Å²) in [4.78, 5) is 15.1. The van der Waals surface area contributed by atoms with E-state index in [1.165, 1.54) is 0 Å². The number of hydrogen-bond donors (Lipinski definition) is 1. The van der Waals surface area contributed by atoms with Gasteiger partial charge in [0.2, 0.25) is 5.76 Å². The predicted octanol–water partition coefficient (Wildman–Crippen LogP) is 2.97. The van der Waals surface area contributed by atoms with Crippen LogP contribution in [0.2, 0.25) is 0 Å². The lowest BCUT2D eigenvalue weighted by atomic mass is 9.82. The quantitative estimate of drug-likeness (QED) is 0.837. The molecule has 1 aromatic heterocycles. The van der Waals surface area contributed by atoms with Gasteiger partial charge < -0.3 is 9.52 Å². The van der Waals surface area contributed by atoms with Crippen LogP contribution in [0.5, 0.6) is 0 Å². The third kappa shape index (κ3) is 1.72. The minimum absolute atomic E-state index is 0.0160. The Morgan fingerprint density at radius 1 is 1.56 bits per heavy atom. The van der Waals surface area contributed by atoms with Crippen molar-refractivity contribution in [2.75, 3.05) is 0 Å². The zero-order valence-corrected chi connectivity index (χ0v) is 9.91. The van der Waals surface area contributed by atoms with Crippen LogP contribution < -0.4 is 0 Å². The second-order valence-electron chi connectivity index (χ2n) is 5.21. The SMILES string of the molecule is Cc1nc(C2CCCC2(C)C)oc1C(=O)O. The Bertz CT molecular complexity index is 420. The molecule has 1 aliphatic rings. The Balaban J connectivity index is 2.35. The lowest BCUT2D eigenvalue weighted by Crippen LogP contribution is -2.15. The molecule has 1 saturated carbocycles. The van der Waals surface area contributed by atoms with E-state index in [1.807, 2.05) is 0 Å². The van der Waals surface area contributed by atoms with Crippen LogP contribution in [0.25, 0.3) is 0 Å². The van der Waals surface area contributed by atoms with Gasteiger partial charge in [-0.3, -0.25) is 0 Å². The van der Waals surface area contributed by atoms with Gasteiger partial charge in [0.15, 0.2) is 5.89 Å². The molecule has 0 spiro atoms. The van der Waals surface area contributed by atoms with Crippen molar-refractivity contribution in [1.82, 2.24) is 4.98 Å². The maximum Gasteiger partial charge on any atom is 0.373 e. The van der Waals surface area contributed by atoms with Crippen LogP contribution in [0.1, 0.15) is 61.2 Å². The zero-order chi connectivity index (χ0) is 11.9. The second-order valence-corrected chi connectivity index (χ2v) is 5.21. The van der Waals surface area contributed by atoms with Gasteiger partial charge in [-0.2, -0.15) is 0 Å². The monoisotopic (exact) mass is 223 g/mol. The highest BCUT2D eigenvalue weighted by Gasteiger charge is 2.39. The van der Waals surface area contributed by atoms with Crippen molar-refractivity contribution in [3.8, 4) is 0 Å². The molecule has 1 aromatic rings. The van der Waals surface area contributed by atoms with E-state index in [-0.39, 0.29) is 17.1 Å². The number of oxazole rings is 1. The van der Waals surface area contributed by atoms with Crippen LogP contribution in [0.3, 0.4) is 0 Å². The summed E-state index contributed by atoms with van der Waals surface area (Å²) < 4.78 is 5.38. The third-order valence-corrected chi connectivity index (χ3v) is 3.56. The van der Waals surface area contributed by atoms with Gasteiger partial charge in [-0.25, -0.2) is 9.78 Å². The zero-order valence-electron chi connectivity index (χ0n) is 9.91. The summed E-state index contributed by atoms with van der Waals surface area (Å²) in [5.41, 5.74) is 0.637. The van der Waals surface area contributed by atoms with E-state index in [4.69, 9.17) is 9.52 Å². The minimum Gasteiger partial charge on any atom is -0.475 e. The first-order chi connectivity index (χ1) is 7.42. The molecule has 2 rings (SSSR count). The van der Waals surface area contributed by atoms with Crippen molar-refractivity contribution >= 4 is 5.97 Å². The van der Waals surface area contributed by atoms with Gasteiger partial charge in [-0.05, 0) is 25.2 Å². The molecule has 0 saturated heterocycles. The Morgan fingerprint density at radius 3 is 2.69 bits per heavy atom. The van der Waals surface area contributed by atoms with Crippen molar-refractivity contribution in [3.05, 3.63) is 17.3 Å². The van der Waals surface area contributed by atoms with E-state index >= 15 is 0 Å². The smallest absolute Gasteiger partial charge is 0.373 e. The maximum atomic E-state index is 10.9. The standard InChI is InChI=1S/C12H17NO3/c1-7-9(11(14)15)16-10(13-7)8-5-4-6-12(8,2)3/h8H,4-6H2,1-3H3,(H,14,15). The Morgan fingerprint density at radius 2 is 2.25 bits per heavy atom. The fourth-order valence-corrected chi connectivity index (χ4v) is 2.55. The number of carbonyl (C=O) groups is 1. The average Bonchev–Trinajstić information content (AvgIpc) is 2.68. The van der Waals surface area contributed by atoms with E-state index in [2.05, 4.69) is 18.8 Å². The molecule has 0 aromatic carbocycles. The Labute approximate surface area is 94.7 Å². The van der Waals surface area contributed by atoms with Crippen LogP contribution in [0, 0.1) is 12.3 Å². The van der Waals surface area contributed by atoms with E-state index in [1.54, 1.807) is 6.92 Å². The molecular formula is C12H17NO3. The van der Waals surface area contributed by atoms with Crippen LogP contribution in [0.15, 0.2) is 4.42 Å². The van der Waals surface area contributed by atoms with Gasteiger partial charge in [0, 0.05) is 5.92 Å². The molecule has 1 unspecified atom stereocenters. The number of aromatic carboxylic acids is 1. The molecule has 1 fully saturated rings.